The van der Waals surface area contributed by atoms with Gasteiger partial charge >= 0.3 is 0 Å². The standard InChI is InChI=1S/C12H10ClN3/c13-10-4-12-11(3-9(10)5-14)15-7-16(12)6-8-1-2-8/h3-4,7-8H,1-2,6H2. The van der Waals surface area contributed by atoms with Gasteiger partial charge in [-0.15, -0.1) is 0 Å². The first-order valence-electron chi connectivity index (χ1n) is 5.32. The van der Waals surface area contributed by atoms with E-state index in [1.807, 2.05) is 12.4 Å². The van der Waals surface area contributed by atoms with Crippen LogP contribution in [-0.4, -0.2) is 9.55 Å². The van der Waals surface area contributed by atoms with Gasteiger partial charge in [0.15, 0.2) is 0 Å². The SMILES string of the molecule is N#Cc1cc2ncn(CC3CC3)c2cc1Cl. The Bertz CT molecular complexity index is 590. The van der Waals surface area contributed by atoms with Crippen molar-refractivity contribution in [3.8, 4) is 6.07 Å². The highest BCUT2D eigenvalue weighted by molar-refractivity contribution is 6.32. The van der Waals surface area contributed by atoms with E-state index in [4.69, 9.17) is 16.9 Å². The minimum atomic E-state index is 0.492. The van der Waals surface area contributed by atoms with Crippen molar-refractivity contribution in [3.05, 3.63) is 29.0 Å². The summed E-state index contributed by atoms with van der Waals surface area (Å²) >= 11 is 6.02. The Kier molecular flexibility index (Phi) is 2.12. The van der Waals surface area contributed by atoms with Crippen LogP contribution < -0.4 is 0 Å². The van der Waals surface area contributed by atoms with Crippen LogP contribution in [0.15, 0.2) is 18.5 Å². The minimum absolute atomic E-state index is 0.492. The van der Waals surface area contributed by atoms with E-state index in [0.29, 0.717) is 10.6 Å². The zero-order valence-electron chi connectivity index (χ0n) is 8.65. The second kappa shape index (κ2) is 3.50. The summed E-state index contributed by atoms with van der Waals surface area (Å²) in [6.07, 6.45) is 4.45. The highest BCUT2D eigenvalue weighted by atomic mass is 35.5. The average Bonchev–Trinajstić information content (AvgIpc) is 3.01. The summed E-state index contributed by atoms with van der Waals surface area (Å²) in [6, 6.07) is 5.66. The smallest absolute Gasteiger partial charge is 0.101 e. The van der Waals surface area contributed by atoms with Crippen LogP contribution in [0.1, 0.15) is 18.4 Å². The van der Waals surface area contributed by atoms with Crippen molar-refractivity contribution in [2.75, 3.05) is 0 Å². The highest BCUT2D eigenvalue weighted by Crippen LogP contribution is 2.32. The van der Waals surface area contributed by atoms with Gasteiger partial charge in [0.05, 0.1) is 27.9 Å². The number of hydrogen-bond donors (Lipinski definition) is 0. The number of aromatic nitrogens is 2. The molecule has 0 bridgehead atoms. The van der Waals surface area contributed by atoms with Crippen molar-refractivity contribution in [3.63, 3.8) is 0 Å². The fourth-order valence-corrected chi connectivity index (χ4v) is 2.09. The van der Waals surface area contributed by atoms with Crippen molar-refractivity contribution < 1.29 is 0 Å². The Morgan fingerprint density at radius 3 is 3.00 bits per heavy atom. The van der Waals surface area contributed by atoms with Crippen molar-refractivity contribution in [2.45, 2.75) is 19.4 Å². The molecule has 1 fully saturated rings. The summed E-state index contributed by atoms with van der Waals surface area (Å²) in [5, 5.41) is 9.38. The van der Waals surface area contributed by atoms with Gasteiger partial charge in [-0.3, -0.25) is 0 Å². The van der Waals surface area contributed by atoms with E-state index in [2.05, 4.69) is 15.6 Å². The van der Waals surface area contributed by atoms with Crippen LogP contribution in [0.25, 0.3) is 11.0 Å². The average molecular weight is 232 g/mol. The number of halogens is 1. The summed E-state index contributed by atoms with van der Waals surface area (Å²) in [5.41, 5.74) is 2.36. The molecule has 0 N–H and O–H groups in total. The predicted octanol–water partition coefficient (Wildman–Crippen LogP) is 2.97. The highest BCUT2D eigenvalue weighted by Gasteiger charge is 2.22. The first kappa shape index (κ1) is 9.68. The molecule has 3 rings (SSSR count). The first-order valence-corrected chi connectivity index (χ1v) is 5.70. The molecule has 1 aliphatic carbocycles. The maximum Gasteiger partial charge on any atom is 0.101 e. The predicted molar refractivity (Wildman–Crippen MR) is 62.2 cm³/mol. The molecule has 1 saturated carbocycles. The van der Waals surface area contributed by atoms with Crippen LogP contribution in [0.4, 0.5) is 0 Å². The summed E-state index contributed by atoms with van der Waals surface area (Å²) in [6.45, 7) is 1.01. The molecular weight excluding hydrogens is 222 g/mol. The maximum atomic E-state index is 8.87. The van der Waals surface area contributed by atoms with Gasteiger partial charge < -0.3 is 4.57 Å². The number of nitriles is 1. The number of benzene rings is 1. The van der Waals surface area contributed by atoms with Crippen LogP contribution in [0.5, 0.6) is 0 Å². The molecule has 0 atom stereocenters. The van der Waals surface area contributed by atoms with Crippen molar-refractivity contribution in [2.24, 2.45) is 5.92 Å². The van der Waals surface area contributed by atoms with Crippen LogP contribution in [0.3, 0.4) is 0 Å². The number of rotatable bonds is 2. The number of imidazole rings is 1. The molecule has 1 heterocycles. The Labute approximate surface area is 98.3 Å². The lowest BCUT2D eigenvalue weighted by Gasteiger charge is -2.02. The second-order valence-corrected chi connectivity index (χ2v) is 4.68. The lowest BCUT2D eigenvalue weighted by Crippen LogP contribution is -1.97. The molecule has 1 aliphatic rings. The van der Waals surface area contributed by atoms with E-state index in [9.17, 15) is 0 Å². The van der Waals surface area contributed by atoms with Crippen LogP contribution in [0.2, 0.25) is 5.02 Å². The molecule has 0 saturated heterocycles. The lowest BCUT2D eigenvalue weighted by atomic mass is 10.2. The van der Waals surface area contributed by atoms with Gasteiger partial charge in [-0.05, 0) is 30.9 Å². The topological polar surface area (TPSA) is 41.6 Å². The number of fused-ring (bicyclic) bond motifs is 1. The molecule has 4 heteroatoms. The van der Waals surface area contributed by atoms with E-state index < -0.39 is 0 Å². The molecule has 1 aromatic heterocycles. The van der Waals surface area contributed by atoms with E-state index >= 15 is 0 Å². The van der Waals surface area contributed by atoms with Gasteiger partial charge in [-0.25, -0.2) is 4.98 Å². The Hall–Kier alpha value is -1.53. The van der Waals surface area contributed by atoms with Gasteiger partial charge in [0, 0.05) is 6.54 Å². The van der Waals surface area contributed by atoms with Gasteiger partial charge in [-0.1, -0.05) is 11.6 Å². The fraction of sp³-hybridized carbons (Fsp3) is 0.333. The molecule has 1 aromatic carbocycles. The van der Waals surface area contributed by atoms with Crippen molar-refractivity contribution >= 4 is 22.6 Å². The molecule has 0 unspecified atom stereocenters. The summed E-state index contributed by atoms with van der Waals surface area (Å²) < 4.78 is 2.13. The second-order valence-electron chi connectivity index (χ2n) is 4.27. The molecule has 0 aliphatic heterocycles. The van der Waals surface area contributed by atoms with Crippen LogP contribution in [-0.2, 0) is 6.54 Å². The molecule has 80 valence electrons. The van der Waals surface area contributed by atoms with Crippen molar-refractivity contribution in [1.29, 1.82) is 5.26 Å². The quantitative estimate of drug-likeness (QED) is 0.797. The van der Waals surface area contributed by atoms with Gasteiger partial charge in [0.2, 0.25) is 0 Å². The van der Waals surface area contributed by atoms with E-state index in [1.165, 1.54) is 12.8 Å². The van der Waals surface area contributed by atoms with Crippen LogP contribution in [0, 0.1) is 17.2 Å². The molecular formula is C12H10ClN3. The van der Waals surface area contributed by atoms with Crippen LogP contribution >= 0.6 is 11.6 Å². The third kappa shape index (κ3) is 1.56. The summed E-state index contributed by atoms with van der Waals surface area (Å²) in [5.74, 6) is 0.798. The number of hydrogen-bond acceptors (Lipinski definition) is 2. The third-order valence-corrected chi connectivity index (χ3v) is 3.29. The molecule has 3 nitrogen and oxygen atoms in total. The Morgan fingerprint density at radius 2 is 2.31 bits per heavy atom. The third-order valence-electron chi connectivity index (χ3n) is 2.98. The molecule has 2 aromatic rings. The molecule has 0 radical (unpaired) electrons. The largest absolute Gasteiger partial charge is 0.330 e. The normalized spacial score (nSPS) is 15.2. The Balaban J connectivity index is 2.11. The molecule has 0 amide bonds. The first-order chi connectivity index (χ1) is 7.78. The fourth-order valence-electron chi connectivity index (χ4n) is 1.89. The van der Waals surface area contributed by atoms with E-state index in [1.54, 1.807) is 6.07 Å². The molecule has 0 spiro atoms. The maximum absolute atomic E-state index is 8.87. The Morgan fingerprint density at radius 1 is 1.50 bits per heavy atom. The summed E-state index contributed by atoms with van der Waals surface area (Å²) in [4.78, 5) is 4.30. The summed E-state index contributed by atoms with van der Waals surface area (Å²) in [7, 11) is 0. The van der Waals surface area contributed by atoms with Gasteiger partial charge in [0.1, 0.15) is 6.07 Å². The van der Waals surface area contributed by atoms with Crippen molar-refractivity contribution in [1.82, 2.24) is 9.55 Å². The van der Waals surface area contributed by atoms with Gasteiger partial charge in [-0.2, -0.15) is 5.26 Å². The zero-order valence-corrected chi connectivity index (χ0v) is 9.41. The minimum Gasteiger partial charge on any atom is -0.330 e. The lowest BCUT2D eigenvalue weighted by molar-refractivity contribution is 0.642. The van der Waals surface area contributed by atoms with E-state index in [0.717, 1.165) is 23.5 Å². The van der Waals surface area contributed by atoms with E-state index in [-0.39, 0.29) is 0 Å². The zero-order chi connectivity index (χ0) is 11.1. The van der Waals surface area contributed by atoms with Gasteiger partial charge in [0.25, 0.3) is 0 Å². The monoisotopic (exact) mass is 231 g/mol. The molecule has 16 heavy (non-hydrogen) atoms. The number of nitrogens with zero attached hydrogens (tertiary/aromatic N) is 3.